The molecule has 104 valence electrons. The average Bonchev–Trinajstić information content (AvgIpc) is 2.29. The molecule has 4 atom stereocenters. The summed E-state index contributed by atoms with van der Waals surface area (Å²) in [6.07, 6.45) is 3.61. The molecule has 0 amide bonds. The summed E-state index contributed by atoms with van der Waals surface area (Å²) in [6, 6.07) is 0. The van der Waals surface area contributed by atoms with E-state index in [0.717, 1.165) is 17.6 Å². The Kier molecular flexibility index (Phi) is 3.41. The summed E-state index contributed by atoms with van der Waals surface area (Å²) in [5.41, 5.74) is 1.70. The smallest absolute Gasteiger partial charge is 0.310 e. The zero-order valence-electron chi connectivity index (χ0n) is 11.9. The van der Waals surface area contributed by atoms with E-state index in [1.807, 2.05) is 6.92 Å². The Morgan fingerprint density at radius 3 is 2.68 bits per heavy atom. The number of carbonyl (C=O) groups excluding carboxylic acids is 1. The van der Waals surface area contributed by atoms with Crippen LogP contribution in [0.4, 0.5) is 0 Å². The van der Waals surface area contributed by atoms with E-state index < -0.39 is 11.9 Å². The predicted octanol–water partition coefficient (Wildman–Crippen LogP) is 3.21. The number of hydrogen-bond acceptors (Lipinski definition) is 2. The molecular weight excluding hydrogens is 240 g/mol. The molecule has 1 N–H and O–H groups in total. The summed E-state index contributed by atoms with van der Waals surface area (Å²) in [6.45, 7) is 10.1. The Labute approximate surface area is 114 Å². The van der Waals surface area contributed by atoms with Crippen molar-refractivity contribution in [3.63, 3.8) is 0 Å². The van der Waals surface area contributed by atoms with Crippen LogP contribution in [0.3, 0.4) is 0 Å². The van der Waals surface area contributed by atoms with Gasteiger partial charge in [0.2, 0.25) is 0 Å². The third kappa shape index (κ3) is 2.26. The number of carboxylic acid groups (broad SMARTS) is 1. The Morgan fingerprint density at radius 1 is 1.53 bits per heavy atom. The second-order valence-electron chi connectivity index (χ2n) is 6.46. The van der Waals surface area contributed by atoms with E-state index in [-0.39, 0.29) is 23.0 Å². The highest BCUT2D eigenvalue weighted by molar-refractivity contribution is 5.93. The van der Waals surface area contributed by atoms with E-state index in [1.165, 1.54) is 0 Å². The normalized spacial score (nSPS) is 38.4. The summed E-state index contributed by atoms with van der Waals surface area (Å²) in [4.78, 5) is 23.3. The van der Waals surface area contributed by atoms with Gasteiger partial charge in [-0.1, -0.05) is 26.0 Å². The molecule has 0 aromatic rings. The average molecular weight is 262 g/mol. The lowest BCUT2D eigenvalue weighted by atomic mass is 9.54. The van der Waals surface area contributed by atoms with Crippen molar-refractivity contribution in [3.8, 4) is 0 Å². The van der Waals surface area contributed by atoms with Crippen LogP contribution in [0.15, 0.2) is 23.8 Å². The maximum absolute atomic E-state index is 11.8. The number of ketones is 1. The first-order valence-corrected chi connectivity index (χ1v) is 6.88. The molecule has 0 spiro atoms. The van der Waals surface area contributed by atoms with Gasteiger partial charge in [0.1, 0.15) is 0 Å². The quantitative estimate of drug-likeness (QED) is 0.777. The van der Waals surface area contributed by atoms with Crippen molar-refractivity contribution >= 4 is 11.8 Å². The van der Waals surface area contributed by atoms with Crippen molar-refractivity contribution in [1.29, 1.82) is 0 Å². The molecule has 19 heavy (non-hydrogen) atoms. The highest BCUT2D eigenvalue weighted by Crippen LogP contribution is 2.54. The highest BCUT2D eigenvalue weighted by atomic mass is 16.4. The molecule has 0 aliphatic heterocycles. The maximum atomic E-state index is 11.8. The standard InChI is InChI=1S/C16H22O3/c1-9(2)11-6-13(15(18)19)14-7-12(17)5-10(3)16(14,4)8-11/h7,10-11,13H,1,5-6,8H2,2-4H3,(H,18,19). The van der Waals surface area contributed by atoms with E-state index in [9.17, 15) is 14.7 Å². The predicted molar refractivity (Wildman–Crippen MR) is 73.6 cm³/mol. The van der Waals surface area contributed by atoms with Gasteiger partial charge in [-0.05, 0) is 48.7 Å². The zero-order valence-corrected chi connectivity index (χ0v) is 11.9. The Morgan fingerprint density at radius 2 is 2.16 bits per heavy atom. The molecule has 0 heterocycles. The number of rotatable bonds is 2. The third-order valence-corrected chi connectivity index (χ3v) is 5.13. The Balaban J connectivity index is 2.48. The summed E-state index contributed by atoms with van der Waals surface area (Å²) in [5.74, 6) is -0.847. The zero-order chi connectivity index (χ0) is 14.4. The van der Waals surface area contributed by atoms with Gasteiger partial charge in [-0.2, -0.15) is 0 Å². The van der Waals surface area contributed by atoms with Crippen LogP contribution in [-0.4, -0.2) is 16.9 Å². The van der Waals surface area contributed by atoms with Gasteiger partial charge in [0.15, 0.2) is 5.78 Å². The van der Waals surface area contributed by atoms with Crippen LogP contribution in [0.2, 0.25) is 0 Å². The van der Waals surface area contributed by atoms with Gasteiger partial charge in [-0.25, -0.2) is 0 Å². The van der Waals surface area contributed by atoms with Crippen molar-refractivity contribution in [1.82, 2.24) is 0 Å². The number of aliphatic carboxylic acids is 1. The Hall–Kier alpha value is -1.38. The number of hydrogen-bond donors (Lipinski definition) is 1. The molecule has 1 saturated carbocycles. The van der Waals surface area contributed by atoms with Crippen LogP contribution in [0.1, 0.15) is 40.0 Å². The van der Waals surface area contributed by atoms with Gasteiger partial charge >= 0.3 is 5.97 Å². The lowest BCUT2D eigenvalue weighted by Gasteiger charge is -2.49. The first kappa shape index (κ1) is 14.0. The Bertz CT molecular complexity index is 474. The van der Waals surface area contributed by atoms with Crippen LogP contribution in [0, 0.1) is 23.2 Å². The molecule has 2 rings (SSSR count). The summed E-state index contributed by atoms with van der Waals surface area (Å²) >= 11 is 0. The lowest BCUT2D eigenvalue weighted by molar-refractivity contribution is -0.142. The van der Waals surface area contributed by atoms with Crippen molar-refractivity contribution in [2.24, 2.45) is 23.2 Å². The molecule has 2 aliphatic carbocycles. The first-order chi connectivity index (χ1) is 8.75. The molecule has 2 aliphatic rings. The van der Waals surface area contributed by atoms with Gasteiger partial charge in [0.05, 0.1) is 5.92 Å². The fourth-order valence-corrected chi connectivity index (χ4v) is 3.64. The van der Waals surface area contributed by atoms with E-state index >= 15 is 0 Å². The van der Waals surface area contributed by atoms with Crippen LogP contribution in [-0.2, 0) is 9.59 Å². The van der Waals surface area contributed by atoms with Crippen LogP contribution < -0.4 is 0 Å². The molecule has 0 saturated heterocycles. The fraction of sp³-hybridized carbons (Fsp3) is 0.625. The van der Waals surface area contributed by atoms with Crippen LogP contribution in [0.5, 0.6) is 0 Å². The van der Waals surface area contributed by atoms with Gasteiger partial charge < -0.3 is 5.11 Å². The van der Waals surface area contributed by atoms with Crippen molar-refractivity contribution < 1.29 is 14.7 Å². The summed E-state index contributed by atoms with van der Waals surface area (Å²) < 4.78 is 0. The SMILES string of the molecule is C=C(C)C1CC(C(=O)O)C2=CC(=O)CC(C)C2(C)C1. The van der Waals surface area contributed by atoms with E-state index in [2.05, 4.69) is 20.4 Å². The second-order valence-corrected chi connectivity index (χ2v) is 6.46. The largest absolute Gasteiger partial charge is 0.481 e. The molecule has 3 nitrogen and oxygen atoms in total. The molecule has 3 heteroatoms. The molecule has 0 aromatic carbocycles. The minimum absolute atomic E-state index is 0.0694. The minimum atomic E-state index is -0.815. The molecular formula is C16H22O3. The summed E-state index contributed by atoms with van der Waals surface area (Å²) in [7, 11) is 0. The summed E-state index contributed by atoms with van der Waals surface area (Å²) in [5, 5.41) is 9.48. The van der Waals surface area contributed by atoms with Gasteiger partial charge in [-0.3, -0.25) is 9.59 Å². The minimum Gasteiger partial charge on any atom is -0.481 e. The lowest BCUT2D eigenvalue weighted by Crippen LogP contribution is -2.44. The molecule has 0 radical (unpaired) electrons. The number of carboxylic acids is 1. The van der Waals surface area contributed by atoms with Crippen molar-refractivity contribution in [2.45, 2.75) is 40.0 Å². The second kappa shape index (κ2) is 4.62. The number of fused-ring (bicyclic) bond motifs is 1. The van der Waals surface area contributed by atoms with Gasteiger partial charge in [0.25, 0.3) is 0 Å². The maximum Gasteiger partial charge on any atom is 0.310 e. The van der Waals surface area contributed by atoms with Crippen LogP contribution in [0.25, 0.3) is 0 Å². The monoisotopic (exact) mass is 262 g/mol. The van der Waals surface area contributed by atoms with Crippen LogP contribution >= 0.6 is 0 Å². The first-order valence-electron chi connectivity index (χ1n) is 6.88. The van der Waals surface area contributed by atoms with Gasteiger partial charge in [-0.15, -0.1) is 0 Å². The molecule has 0 bridgehead atoms. The number of allylic oxidation sites excluding steroid dienone is 2. The highest BCUT2D eigenvalue weighted by Gasteiger charge is 2.49. The van der Waals surface area contributed by atoms with Crippen molar-refractivity contribution in [3.05, 3.63) is 23.8 Å². The fourth-order valence-electron chi connectivity index (χ4n) is 3.64. The topological polar surface area (TPSA) is 54.4 Å². The van der Waals surface area contributed by atoms with E-state index in [4.69, 9.17) is 0 Å². The third-order valence-electron chi connectivity index (χ3n) is 5.13. The number of carbonyl (C=O) groups is 2. The van der Waals surface area contributed by atoms with E-state index in [0.29, 0.717) is 12.8 Å². The molecule has 4 unspecified atom stereocenters. The van der Waals surface area contributed by atoms with Gasteiger partial charge in [0, 0.05) is 6.42 Å². The molecule has 1 fully saturated rings. The molecule has 0 aromatic heterocycles. The van der Waals surface area contributed by atoms with Crippen molar-refractivity contribution in [2.75, 3.05) is 0 Å². The van der Waals surface area contributed by atoms with E-state index in [1.54, 1.807) is 6.08 Å².